The number of carbonyl (C=O) groups is 2. The molecule has 7 nitrogen and oxygen atoms in total. The number of carbonyl (C=O) groups excluding carboxylic acids is 2. The second-order valence-corrected chi connectivity index (χ2v) is 10.1. The summed E-state index contributed by atoms with van der Waals surface area (Å²) in [6, 6.07) is 8.36. The molecule has 1 N–H and O–H groups in total. The number of ketones is 1. The van der Waals surface area contributed by atoms with Crippen molar-refractivity contribution in [2.45, 2.75) is 51.0 Å². The summed E-state index contributed by atoms with van der Waals surface area (Å²) in [5, 5.41) is 3.10. The van der Waals surface area contributed by atoms with E-state index in [1.54, 1.807) is 6.21 Å². The van der Waals surface area contributed by atoms with Gasteiger partial charge in [-0.1, -0.05) is 24.3 Å². The standard InChI is InChI=1S/C26H29N5O2.H2/c32-23(13-21-19-3-1-2-4-20(19)22-16-28-17-31(21)22)25-5-8-26(9-6-25,10-7-25)24(33)30-15-18-14-27-11-12-29-18;/h1-4,14,16-17,21H,5-13,15H2,(H,30,33);1H. The molecule has 3 fully saturated rings. The van der Waals surface area contributed by atoms with Gasteiger partial charge in [0.15, 0.2) is 0 Å². The monoisotopic (exact) mass is 445 g/mol. The molecule has 5 aliphatic rings. The SMILES string of the molecule is O=C(CC1c2ccccc2-c2cncn21)C12CCC(C(=O)NCC3=NCCN=C3)(CC1)CC2.[HH]. The predicted molar refractivity (Wildman–Crippen MR) is 129 cm³/mol. The summed E-state index contributed by atoms with van der Waals surface area (Å²) < 4.78 is 2.15. The van der Waals surface area contributed by atoms with Crippen molar-refractivity contribution in [2.75, 3.05) is 19.6 Å². The van der Waals surface area contributed by atoms with Crippen LogP contribution in [0.3, 0.4) is 0 Å². The summed E-state index contributed by atoms with van der Waals surface area (Å²) in [7, 11) is 0. The molecule has 0 spiro atoms. The van der Waals surface area contributed by atoms with E-state index in [1.807, 2.05) is 24.7 Å². The van der Waals surface area contributed by atoms with Crippen LogP contribution in [0.1, 0.15) is 58.0 Å². The summed E-state index contributed by atoms with van der Waals surface area (Å²) in [6.07, 6.45) is 10.8. The molecule has 1 unspecified atom stereocenters. The number of Topliss-reactive ketones (excluding diaryl/α,β-unsaturated/α-hetero) is 1. The molecule has 1 aromatic carbocycles. The van der Waals surface area contributed by atoms with Gasteiger partial charge < -0.3 is 9.88 Å². The van der Waals surface area contributed by atoms with Crippen molar-refractivity contribution < 1.29 is 11.0 Å². The van der Waals surface area contributed by atoms with Crippen LogP contribution in [-0.2, 0) is 9.59 Å². The largest absolute Gasteiger partial charge is 0.350 e. The molecule has 33 heavy (non-hydrogen) atoms. The first kappa shape index (κ1) is 20.5. The van der Waals surface area contributed by atoms with Crippen molar-refractivity contribution in [2.24, 2.45) is 20.8 Å². The van der Waals surface area contributed by atoms with Gasteiger partial charge in [-0.2, -0.15) is 0 Å². The Morgan fingerprint density at radius 1 is 1.06 bits per heavy atom. The minimum atomic E-state index is -0.328. The number of imidazole rings is 1. The average Bonchev–Trinajstić information content (AvgIpc) is 3.47. The lowest BCUT2D eigenvalue weighted by Crippen LogP contribution is -2.53. The Labute approximate surface area is 194 Å². The van der Waals surface area contributed by atoms with Gasteiger partial charge in [0.2, 0.25) is 5.91 Å². The number of aliphatic imine (C=N–C) groups is 2. The zero-order valence-electron chi connectivity index (χ0n) is 18.8. The van der Waals surface area contributed by atoms with E-state index in [-0.39, 0.29) is 24.2 Å². The van der Waals surface area contributed by atoms with Crippen LogP contribution in [0, 0.1) is 10.8 Å². The smallest absolute Gasteiger partial charge is 0.226 e. The van der Waals surface area contributed by atoms with Crippen molar-refractivity contribution in [3.8, 4) is 11.3 Å². The first-order chi connectivity index (χ1) is 16.1. The Balaban J connectivity index is 0.00000241. The average molecular weight is 446 g/mol. The number of benzene rings is 1. The summed E-state index contributed by atoms with van der Waals surface area (Å²) in [4.78, 5) is 39.8. The number of rotatable bonds is 6. The van der Waals surface area contributed by atoms with Crippen molar-refractivity contribution in [3.63, 3.8) is 0 Å². The topological polar surface area (TPSA) is 88.7 Å². The van der Waals surface area contributed by atoms with Gasteiger partial charge in [0.25, 0.3) is 0 Å². The molecule has 172 valence electrons. The second kappa shape index (κ2) is 7.75. The van der Waals surface area contributed by atoms with Crippen LogP contribution < -0.4 is 5.32 Å². The lowest BCUT2D eigenvalue weighted by molar-refractivity contribution is -0.149. The molecule has 3 aliphatic carbocycles. The first-order valence-electron chi connectivity index (χ1n) is 12.1. The molecular weight excluding hydrogens is 414 g/mol. The Morgan fingerprint density at radius 3 is 2.58 bits per heavy atom. The van der Waals surface area contributed by atoms with Crippen LogP contribution in [-0.4, -0.2) is 52.8 Å². The van der Waals surface area contributed by atoms with Gasteiger partial charge in [-0.05, 0) is 44.1 Å². The van der Waals surface area contributed by atoms with E-state index in [1.165, 1.54) is 11.1 Å². The molecule has 0 saturated heterocycles. The number of fused-ring (bicyclic) bond motifs is 6. The van der Waals surface area contributed by atoms with Gasteiger partial charge >= 0.3 is 0 Å². The van der Waals surface area contributed by atoms with Gasteiger partial charge in [-0.25, -0.2) is 4.98 Å². The number of amides is 1. The van der Waals surface area contributed by atoms with Crippen molar-refractivity contribution in [1.82, 2.24) is 14.9 Å². The molecule has 2 aliphatic heterocycles. The summed E-state index contributed by atoms with van der Waals surface area (Å²) >= 11 is 0. The Kier molecular flexibility index (Phi) is 4.82. The quantitative estimate of drug-likeness (QED) is 0.736. The fourth-order valence-electron chi connectivity index (χ4n) is 6.40. The van der Waals surface area contributed by atoms with Crippen LogP contribution >= 0.6 is 0 Å². The maximum atomic E-state index is 13.7. The Morgan fingerprint density at radius 2 is 1.82 bits per heavy atom. The lowest BCUT2D eigenvalue weighted by atomic mass is 9.51. The van der Waals surface area contributed by atoms with Crippen molar-refractivity contribution in [3.05, 3.63) is 42.4 Å². The van der Waals surface area contributed by atoms with Crippen LogP contribution in [0.25, 0.3) is 11.3 Å². The molecule has 2 aromatic rings. The van der Waals surface area contributed by atoms with Crippen LogP contribution in [0.5, 0.6) is 0 Å². The lowest BCUT2D eigenvalue weighted by Gasteiger charge is -2.51. The highest BCUT2D eigenvalue weighted by Gasteiger charge is 2.55. The van der Waals surface area contributed by atoms with Crippen molar-refractivity contribution >= 4 is 23.6 Å². The van der Waals surface area contributed by atoms with Gasteiger partial charge in [0.1, 0.15) is 5.78 Å². The van der Waals surface area contributed by atoms with E-state index < -0.39 is 0 Å². The van der Waals surface area contributed by atoms with Crippen LogP contribution in [0.4, 0.5) is 0 Å². The Hall–Kier alpha value is -3.09. The Bertz CT molecular complexity index is 1160. The third kappa shape index (κ3) is 3.28. The predicted octanol–water partition coefficient (Wildman–Crippen LogP) is 3.64. The summed E-state index contributed by atoms with van der Waals surface area (Å²) in [5.74, 6) is 0.475. The van der Waals surface area contributed by atoms with E-state index in [9.17, 15) is 9.59 Å². The molecule has 7 rings (SSSR count). The minimum absolute atomic E-state index is 0. The number of nitrogens with zero attached hydrogens (tertiary/aromatic N) is 4. The van der Waals surface area contributed by atoms with Crippen molar-refractivity contribution in [1.29, 1.82) is 0 Å². The summed E-state index contributed by atoms with van der Waals surface area (Å²) in [5.41, 5.74) is 3.73. The van der Waals surface area contributed by atoms with Crippen LogP contribution in [0.15, 0.2) is 46.8 Å². The summed E-state index contributed by atoms with van der Waals surface area (Å²) in [6.45, 7) is 1.87. The van der Waals surface area contributed by atoms with Gasteiger partial charge in [0.05, 0.1) is 49.6 Å². The van der Waals surface area contributed by atoms with E-state index >= 15 is 0 Å². The van der Waals surface area contributed by atoms with E-state index in [0.717, 1.165) is 56.5 Å². The second-order valence-electron chi connectivity index (χ2n) is 10.1. The highest BCUT2D eigenvalue weighted by molar-refractivity contribution is 6.32. The molecule has 1 atom stereocenters. The highest BCUT2D eigenvalue weighted by atomic mass is 16.2. The number of nitrogens with one attached hydrogen (secondary N) is 1. The molecular formula is C26H31N5O2. The molecule has 1 amide bonds. The third-order valence-corrected chi connectivity index (χ3v) is 8.51. The zero-order chi connectivity index (χ0) is 22.5. The molecule has 7 heteroatoms. The van der Waals surface area contributed by atoms with E-state index in [2.05, 4.69) is 37.0 Å². The molecule has 3 heterocycles. The fourth-order valence-corrected chi connectivity index (χ4v) is 6.40. The van der Waals surface area contributed by atoms with Crippen LogP contribution in [0.2, 0.25) is 0 Å². The first-order valence-corrected chi connectivity index (χ1v) is 12.1. The van der Waals surface area contributed by atoms with E-state index in [0.29, 0.717) is 25.3 Å². The van der Waals surface area contributed by atoms with E-state index in [4.69, 9.17) is 0 Å². The maximum absolute atomic E-state index is 13.7. The van der Waals surface area contributed by atoms with Gasteiger partial charge in [-0.3, -0.25) is 19.6 Å². The molecule has 1 aromatic heterocycles. The zero-order valence-corrected chi connectivity index (χ0v) is 18.8. The molecule has 0 radical (unpaired) electrons. The molecule has 2 bridgehead atoms. The van der Waals surface area contributed by atoms with Gasteiger partial charge in [-0.15, -0.1) is 0 Å². The fraction of sp³-hybridized carbons (Fsp3) is 0.500. The maximum Gasteiger partial charge on any atom is 0.226 e. The number of aromatic nitrogens is 2. The van der Waals surface area contributed by atoms with Gasteiger partial charge in [0, 0.05) is 30.5 Å². The molecule has 3 saturated carbocycles. The normalized spacial score (nSPS) is 29.3. The number of hydrogen-bond acceptors (Lipinski definition) is 5. The third-order valence-electron chi connectivity index (χ3n) is 8.51. The highest BCUT2D eigenvalue weighted by Crippen LogP contribution is 2.58. The minimum Gasteiger partial charge on any atom is -0.350 e. The number of hydrogen-bond donors (Lipinski definition) is 1.